The SMILES string of the molecule is CCC(CS(=O)(=O)OC(N)=O)c1c(C)nn(C)c1-n1ccc2cc(Cl)ccc21. The summed E-state index contributed by atoms with van der Waals surface area (Å²) >= 11 is 6.08. The zero-order chi connectivity index (χ0) is 20.6. The van der Waals surface area contributed by atoms with E-state index in [0.29, 0.717) is 17.1 Å². The Morgan fingerprint density at radius 2 is 2.07 bits per heavy atom. The van der Waals surface area contributed by atoms with Gasteiger partial charge in [0.05, 0.1) is 17.0 Å². The van der Waals surface area contributed by atoms with Gasteiger partial charge in [0.1, 0.15) is 5.82 Å². The largest absolute Gasteiger partial charge is 0.420 e. The van der Waals surface area contributed by atoms with Crippen LogP contribution in [0.5, 0.6) is 0 Å². The molecule has 0 fully saturated rings. The molecule has 0 aliphatic carbocycles. The topological polar surface area (TPSA) is 109 Å². The summed E-state index contributed by atoms with van der Waals surface area (Å²) < 4.78 is 32.3. The normalized spacial score (nSPS) is 13.0. The second-order valence-electron chi connectivity index (χ2n) is 6.57. The summed E-state index contributed by atoms with van der Waals surface area (Å²) in [5.74, 6) is -0.0643. The molecule has 0 bridgehead atoms. The van der Waals surface area contributed by atoms with Gasteiger partial charge < -0.3 is 14.5 Å². The molecule has 0 aliphatic heterocycles. The molecule has 1 amide bonds. The van der Waals surface area contributed by atoms with Gasteiger partial charge in [0.2, 0.25) is 0 Å². The van der Waals surface area contributed by atoms with Crippen LogP contribution in [0.1, 0.15) is 30.5 Å². The Morgan fingerprint density at radius 3 is 2.71 bits per heavy atom. The number of amides is 1. The number of nitrogens with zero attached hydrogens (tertiary/aromatic N) is 3. The first-order valence-electron chi connectivity index (χ1n) is 8.65. The number of fused-ring (bicyclic) bond motifs is 1. The highest BCUT2D eigenvalue weighted by Gasteiger charge is 2.29. The van der Waals surface area contributed by atoms with Crippen molar-refractivity contribution < 1.29 is 17.4 Å². The molecule has 2 aromatic heterocycles. The van der Waals surface area contributed by atoms with Crippen LogP contribution in [0.4, 0.5) is 4.79 Å². The zero-order valence-electron chi connectivity index (χ0n) is 15.7. The van der Waals surface area contributed by atoms with Crippen LogP contribution in [0.15, 0.2) is 30.5 Å². The highest BCUT2D eigenvalue weighted by atomic mass is 35.5. The van der Waals surface area contributed by atoms with Gasteiger partial charge in [-0.05, 0) is 37.6 Å². The molecule has 3 rings (SSSR count). The van der Waals surface area contributed by atoms with Crippen LogP contribution in [-0.2, 0) is 21.3 Å². The molecule has 10 heteroatoms. The van der Waals surface area contributed by atoms with E-state index < -0.39 is 22.1 Å². The van der Waals surface area contributed by atoms with Crippen molar-refractivity contribution in [2.45, 2.75) is 26.2 Å². The van der Waals surface area contributed by atoms with Gasteiger partial charge in [-0.25, -0.2) is 4.79 Å². The van der Waals surface area contributed by atoms with E-state index in [1.165, 1.54) is 0 Å². The average molecular weight is 425 g/mol. The predicted molar refractivity (Wildman–Crippen MR) is 107 cm³/mol. The smallest absolute Gasteiger partial charge is 0.334 e. The summed E-state index contributed by atoms with van der Waals surface area (Å²) in [5.41, 5.74) is 7.27. The quantitative estimate of drug-likeness (QED) is 0.611. The van der Waals surface area contributed by atoms with Crippen LogP contribution in [0.3, 0.4) is 0 Å². The standard InChI is InChI=1S/C18H21ClN4O4S/c1-4-12(10-28(25,26)27-18(20)24)16-11(2)21-22(3)17(16)23-8-7-13-9-14(19)5-6-15(13)23/h5-9,12H,4,10H2,1-3H3,(H2,20,24). The molecular formula is C18H21ClN4O4S. The lowest BCUT2D eigenvalue weighted by molar-refractivity contribution is 0.212. The summed E-state index contributed by atoms with van der Waals surface area (Å²) in [7, 11) is -2.32. The Morgan fingerprint density at radius 1 is 1.36 bits per heavy atom. The Balaban J connectivity index is 2.13. The molecule has 0 radical (unpaired) electrons. The van der Waals surface area contributed by atoms with Gasteiger partial charge in [-0.1, -0.05) is 18.5 Å². The molecule has 0 saturated heterocycles. The molecule has 1 unspecified atom stereocenters. The first-order valence-corrected chi connectivity index (χ1v) is 10.6. The Hall–Kier alpha value is -2.52. The molecule has 0 saturated carbocycles. The molecule has 2 N–H and O–H groups in total. The molecular weight excluding hydrogens is 404 g/mol. The van der Waals surface area contributed by atoms with Crippen molar-refractivity contribution in [3.8, 4) is 5.82 Å². The van der Waals surface area contributed by atoms with Gasteiger partial charge in [0.15, 0.2) is 0 Å². The van der Waals surface area contributed by atoms with E-state index in [4.69, 9.17) is 17.3 Å². The lowest BCUT2D eigenvalue weighted by Crippen LogP contribution is -2.24. The molecule has 0 aliphatic rings. The maximum atomic E-state index is 12.2. The number of carbonyl (C=O) groups excluding carboxylic acids is 1. The van der Waals surface area contributed by atoms with Crippen molar-refractivity contribution in [2.75, 3.05) is 5.75 Å². The highest BCUT2D eigenvalue weighted by molar-refractivity contribution is 7.87. The van der Waals surface area contributed by atoms with Gasteiger partial charge in [0.25, 0.3) is 0 Å². The number of halogens is 1. The van der Waals surface area contributed by atoms with Gasteiger partial charge in [0, 0.05) is 35.1 Å². The van der Waals surface area contributed by atoms with E-state index >= 15 is 0 Å². The number of nitrogens with two attached hydrogens (primary N) is 1. The minimum Gasteiger partial charge on any atom is -0.334 e. The lowest BCUT2D eigenvalue weighted by Gasteiger charge is -2.18. The van der Waals surface area contributed by atoms with Crippen LogP contribution in [0, 0.1) is 6.92 Å². The zero-order valence-corrected chi connectivity index (χ0v) is 17.3. The minimum atomic E-state index is -4.12. The molecule has 28 heavy (non-hydrogen) atoms. The Kier molecular flexibility index (Phi) is 5.40. The predicted octanol–water partition coefficient (Wildman–Crippen LogP) is 3.24. The number of carbonyl (C=O) groups is 1. The van der Waals surface area contributed by atoms with Crippen LogP contribution in [-0.4, -0.2) is 34.6 Å². The van der Waals surface area contributed by atoms with Crippen molar-refractivity contribution in [1.82, 2.24) is 14.3 Å². The van der Waals surface area contributed by atoms with E-state index in [2.05, 4.69) is 9.28 Å². The summed E-state index contributed by atoms with van der Waals surface area (Å²) in [6.07, 6.45) is 1.06. The third-order valence-corrected chi connectivity index (χ3v) is 6.10. The molecule has 1 aromatic carbocycles. The number of aryl methyl sites for hydroxylation is 2. The van der Waals surface area contributed by atoms with Crippen LogP contribution < -0.4 is 5.73 Å². The van der Waals surface area contributed by atoms with Crippen molar-refractivity contribution in [3.63, 3.8) is 0 Å². The maximum Gasteiger partial charge on any atom is 0.420 e. The van der Waals surface area contributed by atoms with Crippen LogP contribution >= 0.6 is 11.6 Å². The third kappa shape index (κ3) is 3.85. The number of benzene rings is 1. The lowest BCUT2D eigenvalue weighted by atomic mass is 9.98. The molecule has 2 heterocycles. The van der Waals surface area contributed by atoms with Gasteiger partial charge in [-0.2, -0.15) is 13.5 Å². The monoisotopic (exact) mass is 424 g/mol. The van der Waals surface area contributed by atoms with Gasteiger partial charge >= 0.3 is 16.2 Å². The summed E-state index contributed by atoms with van der Waals surface area (Å²) in [6.45, 7) is 3.69. The minimum absolute atomic E-state index is 0.378. The summed E-state index contributed by atoms with van der Waals surface area (Å²) in [4.78, 5) is 10.9. The highest BCUT2D eigenvalue weighted by Crippen LogP contribution is 2.33. The van der Waals surface area contributed by atoms with Gasteiger partial charge in [-0.3, -0.25) is 4.68 Å². The van der Waals surface area contributed by atoms with Crippen molar-refractivity contribution in [2.24, 2.45) is 12.8 Å². The van der Waals surface area contributed by atoms with E-state index in [1.807, 2.05) is 42.8 Å². The van der Waals surface area contributed by atoms with Gasteiger partial charge in [-0.15, -0.1) is 0 Å². The van der Waals surface area contributed by atoms with Crippen molar-refractivity contribution in [1.29, 1.82) is 0 Å². The Labute approximate surface area is 168 Å². The van der Waals surface area contributed by atoms with E-state index in [0.717, 1.165) is 22.3 Å². The molecule has 0 spiro atoms. The van der Waals surface area contributed by atoms with Crippen molar-refractivity contribution in [3.05, 3.63) is 46.7 Å². The summed E-state index contributed by atoms with van der Waals surface area (Å²) in [6, 6.07) is 7.49. The van der Waals surface area contributed by atoms with Crippen LogP contribution in [0.25, 0.3) is 16.7 Å². The van der Waals surface area contributed by atoms with E-state index in [-0.39, 0.29) is 5.75 Å². The van der Waals surface area contributed by atoms with E-state index in [1.54, 1.807) is 17.8 Å². The fourth-order valence-corrected chi connectivity index (χ4v) is 4.93. The fraction of sp³-hybridized carbons (Fsp3) is 0.333. The number of hydrogen-bond donors (Lipinski definition) is 1. The molecule has 1 atom stereocenters. The number of aromatic nitrogens is 3. The van der Waals surface area contributed by atoms with Crippen LogP contribution in [0.2, 0.25) is 5.02 Å². The number of primary amides is 1. The first-order chi connectivity index (χ1) is 13.1. The molecule has 3 aromatic rings. The van der Waals surface area contributed by atoms with E-state index in [9.17, 15) is 13.2 Å². The maximum absolute atomic E-state index is 12.2. The first kappa shape index (κ1) is 20.2. The number of hydrogen-bond acceptors (Lipinski definition) is 5. The number of rotatable bonds is 6. The molecule has 150 valence electrons. The third-order valence-electron chi connectivity index (χ3n) is 4.63. The second-order valence-corrected chi connectivity index (χ2v) is 8.62. The summed E-state index contributed by atoms with van der Waals surface area (Å²) in [5, 5.41) is 6.08. The second kappa shape index (κ2) is 7.48. The van der Waals surface area contributed by atoms with Crippen molar-refractivity contribution >= 4 is 38.7 Å². The molecule has 8 nitrogen and oxygen atoms in total. The average Bonchev–Trinajstić information content (AvgIpc) is 3.10. The Bertz CT molecular complexity index is 1150. The fourth-order valence-electron chi connectivity index (χ4n) is 3.53.